The fraction of sp³-hybridized carbons (Fsp3) is 0.647. The van der Waals surface area contributed by atoms with Crippen LogP contribution in [-0.2, 0) is 4.79 Å². The SMILES string of the molecule is O=C(CN1CCN(c2ccncc2)CC1)NC1CCCCC1. The minimum Gasteiger partial charge on any atom is -0.369 e. The molecule has 5 heteroatoms. The van der Waals surface area contributed by atoms with Crippen molar-refractivity contribution in [3.63, 3.8) is 0 Å². The van der Waals surface area contributed by atoms with Crippen molar-refractivity contribution in [1.82, 2.24) is 15.2 Å². The van der Waals surface area contributed by atoms with Gasteiger partial charge in [-0.3, -0.25) is 14.7 Å². The summed E-state index contributed by atoms with van der Waals surface area (Å²) in [6, 6.07) is 4.51. The van der Waals surface area contributed by atoms with Gasteiger partial charge in [-0.05, 0) is 25.0 Å². The highest BCUT2D eigenvalue weighted by Crippen LogP contribution is 2.17. The van der Waals surface area contributed by atoms with Crippen LogP contribution in [0.2, 0.25) is 0 Å². The van der Waals surface area contributed by atoms with Crippen LogP contribution in [0.1, 0.15) is 32.1 Å². The van der Waals surface area contributed by atoms with Crippen LogP contribution < -0.4 is 10.2 Å². The number of anilines is 1. The normalized spacial score (nSPS) is 20.8. The van der Waals surface area contributed by atoms with Crippen molar-refractivity contribution in [3.05, 3.63) is 24.5 Å². The van der Waals surface area contributed by atoms with Crippen molar-refractivity contribution < 1.29 is 4.79 Å². The van der Waals surface area contributed by atoms with E-state index in [1.807, 2.05) is 24.5 Å². The Morgan fingerprint density at radius 2 is 1.77 bits per heavy atom. The van der Waals surface area contributed by atoms with Crippen molar-refractivity contribution >= 4 is 11.6 Å². The predicted molar refractivity (Wildman–Crippen MR) is 87.9 cm³/mol. The molecule has 1 aromatic heterocycles. The molecule has 120 valence electrons. The lowest BCUT2D eigenvalue weighted by Crippen LogP contribution is -2.50. The molecular formula is C17H26N4O. The molecule has 5 nitrogen and oxygen atoms in total. The van der Waals surface area contributed by atoms with Crippen LogP contribution in [-0.4, -0.2) is 54.6 Å². The molecule has 22 heavy (non-hydrogen) atoms. The zero-order valence-corrected chi connectivity index (χ0v) is 13.2. The third-order valence-electron chi connectivity index (χ3n) is 4.74. The zero-order valence-electron chi connectivity index (χ0n) is 13.2. The smallest absolute Gasteiger partial charge is 0.234 e. The van der Waals surface area contributed by atoms with E-state index in [1.54, 1.807) is 0 Å². The molecule has 1 N–H and O–H groups in total. The number of aromatic nitrogens is 1. The van der Waals surface area contributed by atoms with E-state index >= 15 is 0 Å². The largest absolute Gasteiger partial charge is 0.369 e. The Kier molecular flexibility index (Phi) is 5.27. The van der Waals surface area contributed by atoms with E-state index < -0.39 is 0 Å². The molecule has 1 saturated heterocycles. The lowest BCUT2D eigenvalue weighted by molar-refractivity contribution is -0.123. The molecule has 1 aromatic rings. The Bertz CT molecular complexity index is 465. The van der Waals surface area contributed by atoms with Crippen LogP contribution in [0.25, 0.3) is 0 Å². The predicted octanol–water partition coefficient (Wildman–Crippen LogP) is 1.65. The van der Waals surface area contributed by atoms with Gasteiger partial charge >= 0.3 is 0 Å². The summed E-state index contributed by atoms with van der Waals surface area (Å²) in [5.74, 6) is 0.198. The summed E-state index contributed by atoms with van der Waals surface area (Å²) in [5.41, 5.74) is 1.22. The van der Waals surface area contributed by atoms with Gasteiger partial charge in [0.2, 0.25) is 5.91 Å². The summed E-state index contributed by atoms with van der Waals surface area (Å²) in [6.45, 7) is 4.38. The van der Waals surface area contributed by atoms with Gasteiger partial charge < -0.3 is 10.2 Å². The van der Waals surface area contributed by atoms with Crippen molar-refractivity contribution in [1.29, 1.82) is 0 Å². The summed E-state index contributed by atoms with van der Waals surface area (Å²) < 4.78 is 0. The van der Waals surface area contributed by atoms with Gasteiger partial charge in [-0.2, -0.15) is 0 Å². The fourth-order valence-corrected chi connectivity index (χ4v) is 3.44. The van der Waals surface area contributed by atoms with Crippen LogP contribution >= 0.6 is 0 Å². The Hall–Kier alpha value is -1.62. The second-order valence-corrected chi connectivity index (χ2v) is 6.37. The first kappa shape index (κ1) is 15.3. The first-order valence-corrected chi connectivity index (χ1v) is 8.48. The summed E-state index contributed by atoms with van der Waals surface area (Å²) in [6.07, 6.45) is 9.82. The minimum atomic E-state index is 0.198. The molecule has 2 fully saturated rings. The number of carbonyl (C=O) groups is 1. The molecule has 2 heterocycles. The number of piperazine rings is 1. The second-order valence-electron chi connectivity index (χ2n) is 6.37. The first-order valence-electron chi connectivity index (χ1n) is 8.48. The number of hydrogen-bond donors (Lipinski definition) is 1. The lowest BCUT2D eigenvalue weighted by Gasteiger charge is -2.36. The molecule has 1 saturated carbocycles. The number of rotatable bonds is 4. The molecule has 1 aliphatic heterocycles. The summed E-state index contributed by atoms with van der Waals surface area (Å²) in [7, 11) is 0. The molecule has 0 radical (unpaired) electrons. The number of nitrogens with one attached hydrogen (secondary N) is 1. The maximum Gasteiger partial charge on any atom is 0.234 e. The fourth-order valence-electron chi connectivity index (χ4n) is 3.44. The van der Waals surface area contributed by atoms with Gasteiger partial charge in [-0.15, -0.1) is 0 Å². The van der Waals surface area contributed by atoms with Crippen molar-refractivity contribution in [2.75, 3.05) is 37.6 Å². The molecule has 2 aliphatic rings. The van der Waals surface area contributed by atoms with Gasteiger partial charge in [-0.1, -0.05) is 19.3 Å². The van der Waals surface area contributed by atoms with E-state index in [9.17, 15) is 4.79 Å². The molecule has 1 amide bonds. The number of pyridine rings is 1. The number of hydrogen-bond acceptors (Lipinski definition) is 4. The molecule has 3 rings (SSSR count). The minimum absolute atomic E-state index is 0.198. The maximum atomic E-state index is 12.2. The van der Waals surface area contributed by atoms with Gasteiger partial charge in [0.1, 0.15) is 0 Å². The van der Waals surface area contributed by atoms with E-state index in [1.165, 1.54) is 24.9 Å². The third-order valence-corrected chi connectivity index (χ3v) is 4.74. The monoisotopic (exact) mass is 302 g/mol. The quantitative estimate of drug-likeness (QED) is 0.919. The van der Waals surface area contributed by atoms with Gasteiger partial charge in [0.25, 0.3) is 0 Å². The van der Waals surface area contributed by atoms with Gasteiger partial charge in [0.05, 0.1) is 6.54 Å². The van der Waals surface area contributed by atoms with Crippen molar-refractivity contribution in [2.45, 2.75) is 38.1 Å². The number of carbonyl (C=O) groups excluding carboxylic acids is 1. The molecule has 0 atom stereocenters. The van der Waals surface area contributed by atoms with Crippen LogP contribution in [0.4, 0.5) is 5.69 Å². The van der Waals surface area contributed by atoms with Crippen LogP contribution in [0.3, 0.4) is 0 Å². The highest BCUT2D eigenvalue weighted by Gasteiger charge is 2.21. The van der Waals surface area contributed by atoms with Gasteiger partial charge in [0.15, 0.2) is 0 Å². The Morgan fingerprint density at radius 1 is 1.09 bits per heavy atom. The standard InChI is InChI=1S/C17H26N4O/c22-17(19-15-4-2-1-3-5-15)14-20-10-12-21(13-11-20)16-6-8-18-9-7-16/h6-9,15H,1-5,10-14H2,(H,19,22). The Labute approximate surface area is 132 Å². The average molecular weight is 302 g/mol. The van der Waals surface area contributed by atoms with E-state index in [4.69, 9.17) is 0 Å². The topological polar surface area (TPSA) is 48.5 Å². The van der Waals surface area contributed by atoms with Crippen molar-refractivity contribution in [3.8, 4) is 0 Å². The summed E-state index contributed by atoms with van der Waals surface area (Å²) in [4.78, 5) is 20.8. The summed E-state index contributed by atoms with van der Waals surface area (Å²) in [5, 5.41) is 3.21. The Morgan fingerprint density at radius 3 is 2.45 bits per heavy atom. The highest BCUT2D eigenvalue weighted by atomic mass is 16.2. The van der Waals surface area contributed by atoms with E-state index in [2.05, 4.69) is 20.1 Å². The maximum absolute atomic E-state index is 12.2. The van der Waals surface area contributed by atoms with Crippen LogP contribution in [0, 0.1) is 0 Å². The average Bonchev–Trinajstić information content (AvgIpc) is 2.57. The van der Waals surface area contributed by atoms with Gasteiger partial charge in [0, 0.05) is 50.3 Å². The third kappa shape index (κ3) is 4.19. The molecule has 0 spiro atoms. The van der Waals surface area contributed by atoms with Crippen LogP contribution in [0.15, 0.2) is 24.5 Å². The van der Waals surface area contributed by atoms with E-state index in [0.29, 0.717) is 12.6 Å². The molecule has 0 bridgehead atoms. The highest BCUT2D eigenvalue weighted by molar-refractivity contribution is 5.78. The molecule has 0 aromatic carbocycles. The summed E-state index contributed by atoms with van der Waals surface area (Å²) >= 11 is 0. The zero-order chi connectivity index (χ0) is 15.2. The van der Waals surface area contributed by atoms with E-state index in [-0.39, 0.29) is 5.91 Å². The van der Waals surface area contributed by atoms with E-state index in [0.717, 1.165) is 39.0 Å². The number of nitrogens with zero attached hydrogens (tertiary/aromatic N) is 3. The van der Waals surface area contributed by atoms with Gasteiger partial charge in [-0.25, -0.2) is 0 Å². The lowest BCUT2D eigenvalue weighted by atomic mass is 9.95. The van der Waals surface area contributed by atoms with Crippen molar-refractivity contribution in [2.24, 2.45) is 0 Å². The molecule has 0 unspecified atom stereocenters. The second kappa shape index (κ2) is 7.58. The Balaban J connectivity index is 1.41. The molecule has 1 aliphatic carbocycles. The number of amides is 1. The molecular weight excluding hydrogens is 276 g/mol. The van der Waals surface area contributed by atoms with Crippen LogP contribution in [0.5, 0.6) is 0 Å². The first-order chi connectivity index (χ1) is 10.8.